The van der Waals surface area contributed by atoms with Gasteiger partial charge in [-0.05, 0) is 85.0 Å². The van der Waals surface area contributed by atoms with Crippen LogP contribution in [-0.2, 0) is 6.42 Å². The first-order valence-corrected chi connectivity index (χ1v) is 8.09. The lowest BCUT2D eigenvalue weighted by Crippen LogP contribution is -2.43. The maximum absolute atomic E-state index is 10.4. The summed E-state index contributed by atoms with van der Waals surface area (Å²) in [6.07, 6.45) is 6.78. The molecule has 0 heterocycles. The highest BCUT2D eigenvalue weighted by Crippen LogP contribution is 2.60. The van der Waals surface area contributed by atoms with Gasteiger partial charge >= 0.3 is 0 Å². The predicted molar refractivity (Wildman–Crippen MR) is 78.7 cm³/mol. The Morgan fingerprint density at radius 1 is 1.15 bits per heavy atom. The third-order valence-corrected chi connectivity index (χ3v) is 6.66. The third-order valence-electron chi connectivity index (χ3n) is 6.66. The first-order valence-electron chi connectivity index (χ1n) is 8.09. The maximum Gasteiger partial charge on any atom is 0.115 e. The minimum absolute atomic E-state index is 0.0883. The monoisotopic (exact) mass is 272 g/mol. The Hall–Kier alpha value is -1.02. The SMILES string of the molecule is C[C@@]12CC[C@H]3c4ccc(O)cc4CC[C@H]3[C@@H]1CC[C@@H]2O. The first kappa shape index (κ1) is 12.7. The van der Waals surface area contributed by atoms with E-state index < -0.39 is 0 Å². The van der Waals surface area contributed by atoms with E-state index in [1.807, 2.05) is 12.1 Å². The van der Waals surface area contributed by atoms with Crippen LogP contribution in [0.3, 0.4) is 0 Å². The molecule has 0 bridgehead atoms. The van der Waals surface area contributed by atoms with Crippen LogP contribution in [0, 0.1) is 17.3 Å². The van der Waals surface area contributed by atoms with Crippen molar-refractivity contribution in [1.29, 1.82) is 0 Å². The molecule has 3 aliphatic rings. The standard InChI is InChI=1S/C18H24O2/c1-18-9-8-14-13-5-3-12(19)10-11(13)2-4-15(14)16(18)6-7-17(18)20/h3,5,10,14-17,19-20H,2,4,6-9H2,1H3/t14-,15+,16-,17-,18+/m0/s1. The molecule has 0 spiro atoms. The summed E-state index contributed by atoms with van der Waals surface area (Å²) < 4.78 is 0. The molecule has 2 fully saturated rings. The fourth-order valence-electron chi connectivity index (χ4n) is 5.54. The lowest BCUT2D eigenvalue weighted by atomic mass is 9.55. The Labute approximate surface area is 120 Å². The normalized spacial score (nSPS) is 42.7. The van der Waals surface area contributed by atoms with Gasteiger partial charge in [0.05, 0.1) is 6.10 Å². The Morgan fingerprint density at radius 2 is 2.00 bits per heavy atom. The second-order valence-corrected chi connectivity index (χ2v) is 7.44. The zero-order valence-electron chi connectivity index (χ0n) is 12.2. The fraction of sp³-hybridized carbons (Fsp3) is 0.667. The molecule has 4 rings (SSSR count). The number of aryl methyl sites for hydroxylation is 1. The highest BCUT2D eigenvalue weighted by atomic mass is 16.3. The number of phenols is 1. The van der Waals surface area contributed by atoms with Crippen LogP contribution in [0.5, 0.6) is 5.75 Å². The largest absolute Gasteiger partial charge is 0.508 e. The molecule has 5 atom stereocenters. The van der Waals surface area contributed by atoms with Crippen molar-refractivity contribution in [3.8, 4) is 5.75 Å². The molecule has 0 amide bonds. The summed E-state index contributed by atoms with van der Waals surface area (Å²) in [5, 5.41) is 20.0. The minimum atomic E-state index is -0.0883. The van der Waals surface area contributed by atoms with Crippen LogP contribution in [0.15, 0.2) is 18.2 Å². The van der Waals surface area contributed by atoms with Crippen LogP contribution in [0.25, 0.3) is 0 Å². The Bertz CT molecular complexity index is 538. The van der Waals surface area contributed by atoms with Gasteiger partial charge in [0.25, 0.3) is 0 Å². The second-order valence-electron chi connectivity index (χ2n) is 7.44. The van der Waals surface area contributed by atoms with Crippen LogP contribution < -0.4 is 0 Å². The molecule has 0 unspecified atom stereocenters. The van der Waals surface area contributed by atoms with Crippen molar-refractivity contribution in [3.63, 3.8) is 0 Å². The van der Waals surface area contributed by atoms with E-state index in [9.17, 15) is 10.2 Å². The van der Waals surface area contributed by atoms with Crippen LogP contribution in [-0.4, -0.2) is 16.3 Å². The summed E-state index contributed by atoms with van der Waals surface area (Å²) in [6.45, 7) is 2.32. The zero-order chi connectivity index (χ0) is 13.9. The maximum atomic E-state index is 10.4. The molecular formula is C18H24O2. The molecule has 2 N–H and O–H groups in total. The Morgan fingerprint density at radius 3 is 2.85 bits per heavy atom. The van der Waals surface area contributed by atoms with Crippen LogP contribution in [0.1, 0.15) is 56.1 Å². The van der Waals surface area contributed by atoms with Crippen molar-refractivity contribution in [1.82, 2.24) is 0 Å². The van der Waals surface area contributed by atoms with Gasteiger partial charge in [0.1, 0.15) is 5.75 Å². The highest BCUT2D eigenvalue weighted by molar-refractivity contribution is 5.40. The van der Waals surface area contributed by atoms with Crippen molar-refractivity contribution in [2.24, 2.45) is 17.3 Å². The molecule has 2 heteroatoms. The van der Waals surface area contributed by atoms with E-state index in [0.717, 1.165) is 25.2 Å². The number of hydrogen-bond donors (Lipinski definition) is 2. The summed E-state index contributed by atoms with van der Waals surface area (Å²) in [7, 11) is 0. The van der Waals surface area contributed by atoms with E-state index in [-0.39, 0.29) is 11.5 Å². The zero-order valence-corrected chi connectivity index (χ0v) is 12.2. The van der Waals surface area contributed by atoms with Crippen molar-refractivity contribution < 1.29 is 10.2 Å². The number of fused-ring (bicyclic) bond motifs is 5. The van der Waals surface area contributed by atoms with Crippen molar-refractivity contribution >= 4 is 0 Å². The molecule has 3 aliphatic carbocycles. The van der Waals surface area contributed by atoms with Gasteiger partial charge in [0, 0.05) is 0 Å². The quantitative estimate of drug-likeness (QED) is 0.757. The molecule has 2 saturated carbocycles. The van der Waals surface area contributed by atoms with E-state index in [1.54, 1.807) is 0 Å². The van der Waals surface area contributed by atoms with E-state index in [4.69, 9.17) is 0 Å². The van der Waals surface area contributed by atoms with Gasteiger partial charge in [-0.15, -0.1) is 0 Å². The van der Waals surface area contributed by atoms with Crippen LogP contribution >= 0.6 is 0 Å². The van der Waals surface area contributed by atoms with Gasteiger partial charge < -0.3 is 10.2 Å². The Balaban J connectivity index is 1.71. The molecule has 0 aromatic heterocycles. The number of phenolic OH excluding ortho intramolecular Hbond substituents is 1. The average molecular weight is 272 g/mol. The van der Waals surface area contributed by atoms with Gasteiger partial charge in [-0.2, -0.15) is 0 Å². The van der Waals surface area contributed by atoms with Crippen LogP contribution in [0.4, 0.5) is 0 Å². The van der Waals surface area contributed by atoms with Gasteiger partial charge in [-0.25, -0.2) is 0 Å². The molecule has 0 radical (unpaired) electrons. The smallest absolute Gasteiger partial charge is 0.115 e. The lowest BCUT2D eigenvalue weighted by molar-refractivity contribution is -0.0226. The van der Waals surface area contributed by atoms with Gasteiger partial charge in [0.15, 0.2) is 0 Å². The van der Waals surface area contributed by atoms with E-state index >= 15 is 0 Å². The molecule has 1 aromatic rings. The predicted octanol–water partition coefficient (Wildman–Crippen LogP) is 3.61. The number of aliphatic hydroxyl groups is 1. The second kappa shape index (κ2) is 4.24. The summed E-state index contributed by atoms with van der Waals surface area (Å²) in [5.74, 6) is 2.49. The van der Waals surface area contributed by atoms with Gasteiger partial charge in [-0.3, -0.25) is 0 Å². The first-order chi connectivity index (χ1) is 9.59. The number of hydrogen-bond acceptors (Lipinski definition) is 2. The van der Waals surface area contributed by atoms with E-state index in [0.29, 0.717) is 17.6 Å². The molecular weight excluding hydrogens is 248 g/mol. The molecule has 2 nitrogen and oxygen atoms in total. The van der Waals surface area contributed by atoms with Crippen molar-refractivity contribution in [2.45, 2.75) is 57.5 Å². The number of aromatic hydroxyl groups is 1. The third kappa shape index (κ3) is 1.60. The van der Waals surface area contributed by atoms with Gasteiger partial charge in [-0.1, -0.05) is 13.0 Å². The van der Waals surface area contributed by atoms with Crippen LogP contribution in [0.2, 0.25) is 0 Å². The highest BCUT2D eigenvalue weighted by Gasteiger charge is 2.54. The molecule has 0 aliphatic heterocycles. The topological polar surface area (TPSA) is 40.5 Å². The average Bonchev–Trinajstić information content (AvgIpc) is 2.74. The molecule has 20 heavy (non-hydrogen) atoms. The van der Waals surface area contributed by atoms with Gasteiger partial charge in [0.2, 0.25) is 0 Å². The fourth-order valence-corrected chi connectivity index (χ4v) is 5.54. The summed E-state index contributed by atoms with van der Waals surface area (Å²) >= 11 is 0. The van der Waals surface area contributed by atoms with E-state index in [2.05, 4.69) is 13.0 Å². The van der Waals surface area contributed by atoms with Crippen molar-refractivity contribution in [2.75, 3.05) is 0 Å². The van der Waals surface area contributed by atoms with E-state index in [1.165, 1.54) is 30.4 Å². The summed E-state index contributed by atoms with van der Waals surface area (Å²) in [6, 6.07) is 5.96. The van der Waals surface area contributed by atoms with Crippen molar-refractivity contribution in [3.05, 3.63) is 29.3 Å². The molecule has 0 saturated heterocycles. The molecule has 108 valence electrons. The minimum Gasteiger partial charge on any atom is -0.508 e. The summed E-state index contributed by atoms with van der Waals surface area (Å²) in [5.41, 5.74) is 2.99. The number of rotatable bonds is 0. The summed E-state index contributed by atoms with van der Waals surface area (Å²) in [4.78, 5) is 0. The number of aliphatic hydroxyl groups excluding tert-OH is 1. The number of benzene rings is 1. The Kier molecular flexibility index (Phi) is 2.69. The lowest BCUT2D eigenvalue weighted by Gasteiger charge is -2.50. The molecule has 1 aromatic carbocycles.